The molecule has 0 fully saturated rings. The Morgan fingerprint density at radius 3 is 2.50 bits per heavy atom. The van der Waals surface area contributed by atoms with Crippen molar-refractivity contribution in [1.29, 1.82) is 0 Å². The molecule has 2 aliphatic heterocycles. The summed E-state index contributed by atoms with van der Waals surface area (Å²) in [4.78, 5) is 0. The first-order valence-electron chi connectivity index (χ1n) is 10.1. The van der Waals surface area contributed by atoms with Crippen LogP contribution in [0, 0.1) is 5.82 Å². The number of anilines is 1. The van der Waals surface area contributed by atoms with E-state index in [1.165, 1.54) is 17.7 Å². The minimum absolute atomic E-state index is 0.137. The number of ether oxygens (including phenoxy) is 2. The van der Waals surface area contributed by atoms with Gasteiger partial charge in [-0.25, -0.2) is 4.39 Å². The van der Waals surface area contributed by atoms with Crippen molar-refractivity contribution in [2.24, 2.45) is 0 Å². The van der Waals surface area contributed by atoms with Gasteiger partial charge in [-0.15, -0.1) is 0 Å². The first kappa shape index (κ1) is 18.7. The molecule has 3 aromatic carbocycles. The van der Waals surface area contributed by atoms with Crippen LogP contribution in [0.25, 0.3) is 16.7 Å². The average Bonchev–Trinajstić information content (AvgIpc) is 2.71. The summed E-state index contributed by atoms with van der Waals surface area (Å²) in [6.45, 7) is 6.46. The largest absolute Gasteiger partial charge is 0.496 e. The van der Waals surface area contributed by atoms with Crippen LogP contribution in [0.3, 0.4) is 0 Å². The van der Waals surface area contributed by atoms with Gasteiger partial charge >= 0.3 is 0 Å². The Balaban J connectivity index is 1.82. The van der Waals surface area contributed by atoms with Crippen LogP contribution in [-0.2, 0) is 0 Å². The van der Waals surface area contributed by atoms with Gasteiger partial charge in [-0.1, -0.05) is 30.3 Å². The molecule has 2 heterocycles. The molecule has 30 heavy (non-hydrogen) atoms. The van der Waals surface area contributed by atoms with Gasteiger partial charge in [0.05, 0.1) is 18.2 Å². The van der Waals surface area contributed by atoms with Crippen molar-refractivity contribution in [2.75, 3.05) is 12.4 Å². The predicted molar refractivity (Wildman–Crippen MR) is 119 cm³/mol. The van der Waals surface area contributed by atoms with Gasteiger partial charge in [-0.3, -0.25) is 0 Å². The van der Waals surface area contributed by atoms with E-state index in [9.17, 15) is 4.39 Å². The number of rotatable bonds is 2. The van der Waals surface area contributed by atoms with Crippen molar-refractivity contribution in [1.82, 2.24) is 0 Å². The molecule has 1 unspecified atom stereocenters. The molecule has 3 nitrogen and oxygen atoms in total. The molecule has 4 heteroatoms. The van der Waals surface area contributed by atoms with Crippen LogP contribution in [-0.4, -0.2) is 12.6 Å². The van der Waals surface area contributed by atoms with Crippen LogP contribution >= 0.6 is 0 Å². The summed E-state index contributed by atoms with van der Waals surface area (Å²) < 4.78 is 25.8. The van der Waals surface area contributed by atoms with E-state index in [-0.39, 0.29) is 17.5 Å². The molecule has 2 aliphatic rings. The van der Waals surface area contributed by atoms with E-state index in [0.29, 0.717) is 0 Å². The molecule has 1 atom stereocenters. The second-order valence-electron chi connectivity index (χ2n) is 8.51. The summed E-state index contributed by atoms with van der Waals surface area (Å²) in [7, 11) is 1.68. The second kappa shape index (κ2) is 6.63. The van der Waals surface area contributed by atoms with Gasteiger partial charge < -0.3 is 14.8 Å². The maximum Gasteiger partial charge on any atom is 0.150 e. The van der Waals surface area contributed by atoms with Crippen molar-refractivity contribution >= 4 is 11.3 Å². The van der Waals surface area contributed by atoms with Gasteiger partial charge in [-0.05, 0) is 67.8 Å². The Morgan fingerprint density at radius 2 is 1.77 bits per heavy atom. The molecule has 0 aliphatic carbocycles. The van der Waals surface area contributed by atoms with Crippen molar-refractivity contribution in [2.45, 2.75) is 32.4 Å². The van der Waals surface area contributed by atoms with Crippen LogP contribution in [0.1, 0.15) is 43.6 Å². The van der Waals surface area contributed by atoms with Crippen LogP contribution in [0.4, 0.5) is 10.1 Å². The van der Waals surface area contributed by atoms with Crippen LogP contribution in [0.15, 0.2) is 60.7 Å². The number of hydrogen-bond donors (Lipinski definition) is 1. The highest BCUT2D eigenvalue weighted by Crippen LogP contribution is 2.53. The number of allylic oxidation sites excluding steroid dienone is 1. The van der Waals surface area contributed by atoms with Crippen molar-refractivity contribution in [3.63, 3.8) is 0 Å². The molecule has 0 radical (unpaired) electrons. The summed E-state index contributed by atoms with van der Waals surface area (Å²) >= 11 is 0. The predicted octanol–water partition coefficient (Wildman–Crippen LogP) is 6.59. The fraction of sp³-hybridized carbons (Fsp3) is 0.231. The van der Waals surface area contributed by atoms with Gasteiger partial charge in [0.1, 0.15) is 17.3 Å². The van der Waals surface area contributed by atoms with Crippen molar-refractivity contribution in [3.05, 3.63) is 83.2 Å². The van der Waals surface area contributed by atoms with E-state index < -0.39 is 0 Å². The summed E-state index contributed by atoms with van der Waals surface area (Å²) in [6.07, 6.45) is 1.90. The highest BCUT2D eigenvalue weighted by atomic mass is 19.1. The fourth-order valence-electron chi connectivity index (χ4n) is 4.74. The quantitative estimate of drug-likeness (QED) is 0.525. The first-order chi connectivity index (χ1) is 14.4. The number of halogens is 1. The monoisotopic (exact) mass is 401 g/mol. The van der Waals surface area contributed by atoms with Gasteiger partial charge in [0.2, 0.25) is 0 Å². The molecule has 5 rings (SSSR count). The van der Waals surface area contributed by atoms with Gasteiger partial charge in [0.25, 0.3) is 0 Å². The molecule has 0 aromatic heterocycles. The Kier molecular flexibility index (Phi) is 4.14. The maximum atomic E-state index is 13.6. The molecule has 3 aromatic rings. The van der Waals surface area contributed by atoms with Crippen LogP contribution < -0.4 is 14.8 Å². The topological polar surface area (TPSA) is 30.5 Å². The summed E-state index contributed by atoms with van der Waals surface area (Å²) in [5.74, 6) is 1.28. The summed E-state index contributed by atoms with van der Waals surface area (Å²) in [5, 5.41) is 3.63. The maximum absolute atomic E-state index is 13.6. The van der Waals surface area contributed by atoms with Crippen molar-refractivity contribution in [3.8, 4) is 22.6 Å². The molecule has 1 N–H and O–H groups in total. The van der Waals surface area contributed by atoms with Gasteiger partial charge in [0.15, 0.2) is 6.10 Å². The number of fused-ring (bicyclic) bond motifs is 5. The summed E-state index contributed by atoms with van der Waals surface area (Å²) in [6, 6.07) is 16.7. The normalized spacial score (nSPS) is 18.2. The Hall–Kier alpha value is -3.27. The average molecular weight is 401 g/mol. The number of nitrogens with one attached hydrogen (secondary N) is 1. The van der Waals surface area contributed by atoms with Gasteiger partial charge in [-0.2, -0.15) is 0 Å². The second-order valence-corrected chi connectivity index (χ2v) is 8.51. The van der Waals surface area contributed by atoms with Gasteiger partial charge in [0, 0.05) is 16.8 Å². The van der Waals surface area contributed by atoms with E-state index in [0.717, 1.165) is 45.0 Å². The molecule has 0 saturated heterocycles. The van der Waals surface area contributed by atoms with E-state index in [1.807, 2.05) is 18.2 Å². The lowest BCUT2D eigenvalue weighted by molar-refractivity contribution is 0.241. The molecule has 0 amide bonds. The van der Waals surface area contributed by atoms with E-state index in [2.05, 4.69) is 44.3 Å². The molecule has 0 saturated carbocycles. The third-order valence-electron chi connectivity index (χ3n) is 5.83. The minimum Gasteiger partial charge on any atom is -0.496 e. The third kappa shape index (κ3) is 2.86. The zero-order valence-electron chi connectivity index (χ0n) is 17.5. The van der Waals surface area contributed by atoms with Crippen LogP contribution in [0.2, 0.25) is 0 Å². The summed E-state index contributed by atoms with van der Waals surface area (Å²) in [5.41, 5.74) is 7.29. The number of methoxy groups -OCH3 is 1. The minimum atomic E-state index is -0.346. The Morgan fingerprint density at radius 1 is 1.00 bits per heavy atom. The number of benzene rings is 3. The molecule has 0 spiro atoms. The van der Waals surface area contributed by atoms with E-state index in [4.69, 9.17) is 9.47 Å². The van der Waals surface area contributed by atoms with E-state index in [1.54, 1.807) is 19.2 Å². The van der Waals surface area contributed by atoms with E-state index >= 15 is 0 Å². The van der Waals surface area contributed by atoms with Crippen LogP contribution in [0.5, 0.6) is 11.5 Å². The Bertz CT molecular complexity index is 1180. The lowest BCUT2D eigenvalue weighted by atomic mass is 9.80. The standard InChI is InChI=1S/C26H24FNO2/c1-15-14-26(2,3)28-19-13-12-18-23-20(29-4)6-5-7-21(23)30-25(24(18)22(15)19)16-8-10-17(27)11-9-16/h5-14,25,28H,1-4H3. The highest BCUT2D eigenvalue weighted by Gasteiger charge is 2.35. The zero-order valence-corrected chi connectivity index (χ0v) is 17.5. The fourth-order valence-corrected chi connectivity index (χ4v) is 4.74. The SMILES string of the molecule is COc1cccc2c1-c1ccc3c(c1C(c1ccc(F)cc1)O2)C(C)=CC(C)(C)N3. The number of hydrogen-bond acceptors (Lipinski definition) is 3. The first-order valence-corrected chi connectivity index (χ1v) is 10.1. The molecule has 0 bridgehead atoms. The molecule has 152 valence electrons. The lowest BCUT2D eigenvalue weighted by Crippen LogP contribution is -2.32. The highest BCUT2D eigenvalue weighted by molar-refractivity contribution is 5.91. The molecular weight excluding hydrogens is 377 g/mol. The Labute approximate surface area is 176 Å². The lowest BCUT2D eigenvalue weighted by Gasteiger charge is -2.37. The van der Waals surface area contributed by atoms with Crippen molar-refractivity contribution < 1.29 is 13.9 Å². The molecular formula is C26H24FNO2. The zero-order chi connectivity index (χ0) is 21.0. The third-order valence-corrected chi connectivity index (χ3v) is 5.83. The smallest absolute Gasteiger partial charge is 0.150 e.